The highest BCUT2D eigenvalue weighted by Crippen LogP contribution is 2.19. The van der Waals surface area contributed by atoms with Crippen molar-refractivity contribution in [1.29, 1.82) is 0 Å². The molecule has 1 aromatic carbocycles. The van der Waals surface area contributed by atoms with E-state index in [-0.39, 0.29) is 12.4 Å². The van der Waals surface area contributed by atoms with Crippen LogP contribution < -0.4 is 10.6 Å². The van der Waals surface area contributed by atoms with Crippen LogP contribution in [0.1, 0.15) is 12.0 Å². The number of rotatable bonds is 8. The first kappa shape index (κ1) is 20.0. The quantitative estimate of drug-likeness (QED) is 0.288. The minimum Gasteiger partial charge on any atom is -0.372 e. The molecule has 1 aromatic heterocycles. The van der Waals surface area contributed by atoms with Crippen LogP contribution in [0.5, 0.6) is 0 Å². The van der Waals surface area contributed by atoms with Gasteiger partial charge in [-0.15, -0.1) is 0 Å². The molecular formula is C17H22F4N4O. The summed E-state index contributed by atoms with van der Waals surface area (Å²) in [5, 5.41) is 6.96. The average Bonchev–Trinajstić information content (AvgIpc) is 2.97. The number of guanidine groups is 1. The SMILES string of the molecule is CN=C(NCCCOCC(F)(F)F)NCCc1c[nH]c2ccc(F)cc12. The fourth-order valence-corrected chi connectivity index (χ4v) is 2.46. The third-order valence-electron chi connectivity index (χ3n) is 3.66. The number of halogens is 4. The summed E-state index contributed by atoms with van der Waals surface area (Å²) in [7, 11) is 1.61. The van der Waals surface area contributed by atoms with Gasteiger partial charge in [-0.05, 0) is 36.6 Å². The zero-order valence-corrected chi connectivity index (χ0v) is 14.4. The van der Waals surface area contributed by atoms with Crippen molar-refractivity contribution in [3.05, 3.63) is 35.8 Å². The van der Waals surface area contributed by atoms with Gasteiger partial charge in [0, 0.05) is 43.8 Å². The van der Waals surface area contributed by atoms with Gasteiger partial charge in [-0.1, -0.05) is 0 Å². The van der Waals surface area contributed by atoms with Crippen LogP contribution in [0.4, 0.5) is 17.6 Å². The Labute approximate surface area is 148 Å². The predicted octanol–water partition coefficient (Wildman–Crippen LogP) is 2.98. The summed E-state index contributed by atoms with van der Waals surface area (Å²) in [4.78, 5) is 7.14. The van der Waals surface area contributed by atoms with Gasteiger partial charge < -0.3 is 20.4 Å². The average molecular weight is 374 g/mol. The van der Waals surface area contributed by atoms with Gasteiger partial charge in [0.05, 0.1) is 0 Å². The van der Waals surface area contributed by atoms with Crippen LogP contribution in [-0.4, -0.2) is 50.5 Å². The normalized spacial score (nSPS) is 12.6. The third kappa shape index (κ3) is 6.55. The van der Waals surface area contributed by atoms with Crippen molar-refractivity contribution in [2.45, 2.75) is 19.0 Å². The molecule has 0 aliphatic carbocycles. The topological polar surface area (TPSA) is 61.4 Å². The molecule has 26 heavy (non-hydrogen) atoms. The number of aromatic nitrogens is 1. The van der Waals surface area contributed by atoms with Crippen LogP contribution in [0, 0.1) is 5.82 Å². The van der Waals surface area contributed by atoms with Crippen molar-refractivity contribution in [3.8, 4) is 0 Å². The number of ether oxygens (including phenoxy) is 1. The first-order valence-corrected chi connectivity index (χ1v) is 8.23. The van der Waals surface area contributed by atoms with Crippen LogP contribution >= 0.6 is 0 Å². The second-order valence-electron chi connectivity index (χ2n) is 5.70. The fourth-order valence-electron chi connectivity index (χ4n) is 2.46. The molecule has 0 bridgehead atoms. The summed E-state index contributed by atoms with van der Waals surface area (Å²) in [6.45, 7) is -0.195. The standard InChI is InChI=1S/C17H22F4N4O/c1-22-16(23-6-2-8-26-11-17(19,20)21)24-7-5-12-10-25-15-4-3-13(18)9-14(12)15/h3-4,9-10,25H,2,5-8,11H2,1H3,(H2,22,23,24). The zero-order valence-electron chi connectivity index (χ0n) is 14.4. The molecule has 9 heteroatoms. The summed E-state index contributed by atoms with van der Waals surface area (Å²) < 4.78 is 53.7. The first-order valence-electron chi connectivity index (χ1n) is 8.23. The van der Waals surface area contributed by atoms with E-state index in [2.05, 4.69) is 25.3 Å². The Morgan fingerprint density at radius 2 is 2.00 bits per heavy atom. The molecule has 2 rings (SSSR count). The molecule has 0 fully saturated rings. The molecule has 0 amide bonds. The lowest BCUT2D eigenvalue weighted by molar-refractivity contribution is -0.173. The Bertz CT molecular complexity index is 727. The van der Waals surface area contributed by atoms with Gasteiger partial charge in [-0.3, -0.25) is 4.99 Å². The van der Waals surface area contributed by atoms with E-state index in [0.717, 1.165) is 16.5 Å². The highest BCUT2D eigenvalue weighted by Gasteiger charge is 2.27. The Balaban J connectivity index is 1.68. The van der Waals surface area contributed by atoms with E-state index in [4.69, 9.17) is 0 Å². The van der Waals surface area contributed by atoms with Crippen molar-refractivity contribution in [3.63, 3.8) is 0 Å². The molecular weight excluding hydrogens is 352 g/mol. The molecule has 0 saturated heterocycles. The Kier molecular flexibility index (Phi) is 7.26. The molecule has 0 spiro atoms. The molecule has 1 heterocycles. The summed E-state index contributed by atoms with van der Waals surface area (Å²) in [6.07, 6.45) is -1.35. The summed E-state index contributed by atoms with van der Waals surface area (Å²) in [5.74, 6) is 0.267. The van der Waals surface area contributed by atoms with E-state index < -0.39 is 12.8 Å². The number of nitrogens with one attached hydrogen (secondary N) is 3. The zero-order chi connectivity index (χ0) is 19.0. The van der Waals surface area contributed by atoms with Crippen molar-refractivity contribution in [1.82, 2.24) is 15.6 Å². The molecule has 0 atom stereocenters. The number of benzene rings is 1. The largest absolute Gasteiger partial charge is 0.411 e. The van der Waals surface area contributed by atoms with Crippen LogP contribution in [0.25, 0.3) is 10.9 Å². The molecule has 5 nitrogen and oxygen atoms in total. The number of hydrogen-bond acceptors (Lipinski definition) is 2. The Morgan fingerprint density at radius 3 is 2.73 bits per heavy atom. The lowest BCUT2D eigenvalue weighted by Crippen LogP contribution is -2.39. The molecule has 144 valence electrons. The maximum absolute atomic E-state index is 13.4. The monoisotopic (exact) mass is 374 g/mol. The summed E-state index contributed by atoms with van der Waals surface area (Å²) in [5.41, 5.74) is 1.87. The van der Waals surface area contributed by atoms with Gasteiger partial charge in [0.15, 0.2) is 5.96 Å². The highest BCUT2D eigenvalue weighted by molar-refractivity contribution is 5.83. The first-order chi connectivity index (χ1) is 12.4. The minimum absolute atomic E-state index is 0.0183. The van der Waals surface area contributed by atoms with E-state index in [1.165, 1.54) is 12.1 Å². The fraction of sp³-hybridized carbons (Fsp3) is 0.471. The molecule has 0 aliphatic heterocycles. The van der Waals surface area contributed by atoms with E-state index in [0.29, 0.717) is 31.9 Å². The number of alkyl halides is 3. The van der Waals surface area contributed by atoms with E-state index in [9.17, 15) is 17.6 Å². The highest BCUT2D eigenvalue weighted by atomic mass is 19.4. The van der Waals surface area contributed by atoms with Crippen molar-refractivity contribution in [2.24, 2.45) is 4.99 Å². The van der Waals surface area contributed by atoms with Crippen LogP contribution in [-0.2, 0) is 11.2 Å². The Hall–Kier alpha value is -2.29. The van der Waals surface area contributed by atoms with Gasteiger partial charge in [0.1, 0.15) is 12.4 Å². The van der Waals surface area contributed by atoms with Gasteiger partial charge in [-0.25, -0.2) is 4.39 Å². The van der Waals surface area contributed by atoms with Crippen molar-refractivity contribution < 1.29 is 22.3 Å². The van der Waals surface area contributed by atoms with Crippen LogP contribution in [0.15, 0.2) is 29.4 Å². The Morgan fingerprint density at radius 1 is 1.23 bits per heavy atom. The second-order valence-corrected chi connectivity index (χ2v) is 5.70. The van der Waals surface area contributed by atoms with Crippen LogP contribution in [0.3, 0.4) is 0 Å². The molecule has 3 N–H and O–H groups in total. The number of aromatic amines is 1. The molecule has 0 radical (unpaired) electrons. The smallest absolute Gasteiger partial charge is 0.372 e. The number of hydrogen-bond donors (Lipinski definition) is 3. The van der Waals surface area contributed by atoms with E-state index in [1.54, 1.807) is 13.1 Å². The van der Waals surface area contributed by atoms with Gasteiger partial charge >= 0.3 is 6.18 Å². The molecule has 0 unspecified atom stereocenters. The lowest BCUT2D eigenvalue weighted by atomic mass is 10.1. The van der Waals surface area contributed by atoms with E-state index >= 15 is 0 Å². The third-order valence-corrected chi connectivity index (χ3v) is 3.66. The lowest BCUT2D eigenvalue weighted by Gasteiger charge is -2.12. The maximum atomic E-state index is 13.4. The molecule has 2 aromatic rings. The maximum Gasteiger partial charge on any atom is 0.411 e. The van der Waals surface area contributed by atoms with E-state index in [1.807, 2.05) is 6.20 Å². The molecule has 0 aliphatic rings. The van der Waals surface area contributed by atoms with Crippen LogP contribution in [0.2, 0.25) is 0 Å². The van der Waals surface area contributed by atoms with Gasteiger partial charge in [0.25, 0.3) is 0 Å². The number of nitrogens with zero attached hydrogens (tertiary/aromatic N) is 1. The second kappa shape index (κ2) is 9.42. The predicted molar refractivity (Wildman–Crippen MR) is 92.8 cm³/mol. The van der Waals surface area contributed by atoms with Gasteiger partial charge in [0.2, 0.25) is 0 Å². The molecule has 0 saturated carbocycles. The summed E-state index contributed by atoms with van der Waals surface area (Å²) >= 11 is 0. The number of H-pyrrole nitrogens is 1. The minimum atomic E-state index is -4.30. The summed E-state index contributed by atoms with van der Waals surface area (Å²) in [6, 6.07) is 4.60. The number of fused-ring (bicyclic) bond motifs is 1. The van der Waals surface area contributed by atoms with Crippen molar-refractivity contribution >= 4 is 16.9 Å². The number of aliphatic imine (C=N–C) groups is 1. The van der Waals surface area contributed by atoms with Crippen molar-refractivity contribution in [2.75, 3.05) is 33.4 Å². The van der Waals surface area contributed by atoms with Gasteiger partial charge in [-0.2, -0.15) is 13.2 Å².